The average Bonchev–Trinajstić information content (AvgIpc) is 2.92. The van der Waals surface area contributed by atoms with E-state index in [1.165, 1.54) is 4.88 Å². The molecule has 92 valence electrons. The van der Waals surface area contributed by atoms with Crippen LogP contribution in [0, 0.1) is 11.3 Å². The van der Waals surface area contributed by atoms with Gasteiger partial charge in [0.2, 0.25) is 0 Å². The summed E-state index contributed by atoms with van der Waals surface area (Å²) in [6.07, 6.45) is 2.23. The lowest BCUT2D eigenvalue weighted by Gasteiger charge is -2.18. The van der Waals surface area contributed by atoms with Gasteiger partial charge < -0.3 is 5.32 Å². The molecule has 0 saturated carbocycles. The van der Waals surface area contributed by atoms with E-state index in [1.54, 1.807) is 11.3 Å². The first-order valence-corrected chi connectivity index (χ1v) is 7.01. The number of rotatable bonds is 5. The van der Waals surface area contributed by atoms with Gasteiger partial charge >= 0.3 is 0 Å². The number of hydrogen-bond donors (Lipinski definition) is 1. The highest BCUT2D eigenvalue weighted by atomic mass is 32.1. The third-order valence-corrected chi connectivity index (χ3v) is 3.78. The van der Waals surface area contributed by atoms with Crippen molar-refractivity contribution in [3.05, 3.63) is 52.2 Å². The summed E-state index contributed by atoms with van der Waals surface area (Å²) in [6, 6.07) is 14.4. The second kappa shape index (κ2) is 6.23. The van der Waals surface area contributed by atoms with Crippen LogP contribution in [0.25, 0.3) is 0 Å². The summed E-state index contributed by atoms with van der Waals surface area (Å²) in [7, 11) is 0. The molecule has 1 aromatic heterocycles. The van der Waals surface area contributed by atoms with Crippen molar-refractivity contribution < 1.29 is 0 Å². The Morgan fingerprint density at radius 3 is 2.89 bits per heavy atom. The average molecular weight is 256 g/mol. The molecule has 0 amide bonds. The van der Waals surface area contributed by atoms with E-state index in [0.717, 1.165) is 18.5 Å². The van der Waals surface area contributed by atoms with E-state index >= 15 is 0 Å². The molecule has 18 heavy (non-hydrogen) atoms. The highest BCUT2D eigenvalue weighted by molar-refractivity contribution is 7.10. The molecule has 0 aliphatic carbocycles. The van der Waals surface area contributed by atoms with Gasteiger partial charge in [0.1, 0.15) is 0 Å². The Hall–Kier alpha value is -1.79. The molecule has 0 saturated heterocycles. The van der Waals surface area contributed by atoms with Gasteiger partial charge in [0.05, 0.1) is 17.7 Å². The van der Waals surface area contributed by atoms with Gasteiger partial charge in [0, 0.05) is 10.6 Å². The molecule has 3 heteroatoms. The van der Waals surface area contributed by atoms with Crippen molar-refractivity contribution in [1.82, 2.24) is 0 Å². The summed E-state index contributed by atoms with van der Waals surface area (Å²) in [5.41, 5.74) is 1.71. The van der Waals surface area contributed by atoms with Crippen molar-refractivity contribution in [1.29, 1.82) is 5.26 Å². The van der Waals surface area contributed by atoms with Gasteiger partial charge in [-0.3, -0.25) is 0 Å². The van der Waals surface area contributed by atoms with E-state index in [-0.39, 0.29) is 0 Å². The van der Waals surface area contributed by atoms with Gasteiger partial charge in [0.25, 0.3) is 0 Å². The first-order chi connectivity index (χ1) is 8.83. The fourth-order valence-electron chi connectivity index (χ4n) is 1.94. The molecular weight excluding hydrogens is 240 g/mol. The van der Waals surface area contributed by atoms with Crippen LogP contribution >= 0.6 is 11.3 Å². The van der Waals surface area contributed by atoms with Crippen molar-refractivity contribution in [2.75, 3.05) is 5.32 Å². The van der Waals surface area contributed by atoms with E-state index in [2.05, 4.69) is 35.8 Å². The third-order valence-electron chi connectivity index (χ3n) is 2.80. The minimum Gasteiger partial charge on any atom is -0.377 e. The van der Waals surface area contributed by atoms with E-state index in [0.29, 0.717) is 11.6 Å². The standard InChI is InChI=1S/C15H16N2S/c1-2-5-14(15-8-4-9-18-15)17-13-7-3-6-12(10-13)11-16/h3-4,6-10,14,17H,2,5H2,1H3. The van der Waals surface area contributed by atoms with Crippen molar-refractivity contribution in [2.45, 2.75) is 25.8 Å². The first kappa shape index (κ1) is 12.7. The topological polar surface area (TPSA) is 35.8 Å². The van der Waals surface area contributed by atoms with E-state index in [9.17, 15) is 0 Å². The number of benzene rings is 1. The summed E-state index contributed by atoms with van der Waals surface area (Å²) in [6.45, 7) is 2.19. The van der Waals surface area contributed by atoms with Gasteiger partial charge in [-0.1, -0.05) is 25.5 Å². The molecule has 0 aliphatic heterocycles. The van der Waals surface area contributed by atoms with Crippen LogP contribution < -0.4 is 5.32 Å². The highest BCUT2D eigenvalue weighted by Crippen LogP contribution is 2.27. The molecular formula is C15H16N2S. The molecule has 0 spiro atoms. The zero-order chi connectivity index (χ0) is 12.8. The summed E-state index contributed by atoms with van der Waals surface area (Å²) >= 11 is 1.77. The van der Waals surface area contributed by atoms with Gasteiger partial charge in [-0.2, -0.15) is 5.26 Å². The number of anilines is 1. The number of nitrogens with zero attached hydrogens (tertiary/aromatic N) is 1. The van der Waals surface area contributed by atoms with Crippen LogP contribution in [0.1, 0.15) is 36.2 Å². The van der Waals surface area contributed by atoms with Crippen molar-refractivity contribution in [3.63, 3.8) is 0 Å². The molecule has 2 aromatic rings. The number of nitrogens with one attached hydrogen (secondary N) is 1. The molecule has 2 nitrogen and oxygen atoms in total. The zero-order valence-electron chi connectivity index (χ0n) is 10.4. The predicted octanol–water partition coefficient (Wildman–Crippen LogP) is 4.57. The summed E-state index contributed by atoms with van der Waals surface area (Å²) in [5, 5.41) is 14.5. The minimum absolute atomic E-state index is 0.337. The number of hydrogen-bond acceptors (Lipinski definition) is 3. The van der Waals surface area contributed by atoms with Gasteiger partial charge in [-0.25, -0.2) is 0 Å². The fourth-order valence-corrected chi connectivity index (χ4v) is 2.76. The van der Waals surface area contributed by atoms with Crippen LogP contribution in [-0.2, 0) is 0 Å². The maximum Gasteiger partial charge on any atom is 0.0992 e. The normalized spacial score (nSPS) is 11.8. The first-order valence-electron chi connectivity index (χ1n) is 6.13. The van der Waals surface area contributed by atoms with Crippen LogP contribution in [0.15, 0.2) is 41.8 Å². The minimum atomic E-state index is 0.337. The quantitative estimate of drug-likeness (QED) is 0.850. The Bertz CT molecular complexity index is 526. The van der Waals surface area contributed by atoms with Gasteiger partial charge in [-0.15, -0.1) is 11.3 Å². The van der Waals surface area contributed by atoms with Crippen LogP contribution in [-0.4, -0.2) is 0 Å². The lowest BCUT2D eigenvalue weighted by Crippen LogP contribution is -2.09. The molecule has 1 N–H and O–H groups in total. The zero-order valence-corrected chi connectivity index (χ0v) is 11.2. The molecule has 0 radical (unpaired) electrons. The molecule has 0 fully saturated rings. The second-order valence-corrected chi connectivity index (χ2v) is 5.17. The fraction of sp³-hybridized carbons (Fsp3) is 0.267. The molecule has 1 heterocycles. The van der Waals surface area contributed by atoms with E-state index < -0.39 is 0 Å². The largest absolute Gasteiger partial charge is 0.377 e. The molecule has 1 unspecified atom stereocenters. The third kappa shape index (κ3) is 3.12. The molecule has 2 rings (SSSR count). The Balaban J connectivity index is 2.16. The Morgan fingerprint density at radius 2 is 2.22 bits per heavy atom. The predicted molar refractivity (Wildman–Crippen MR) is 76.7 cm³/mol. The smallest absolute Gasteiger partial charge is 0.0992 e. The summed E-state index contributed by atoms with van der Waals surface area (Å²) in [4.78, 5) is 1.35. The lowest BCUT2D eigenvalue weighted by molar-refractivity contribution is 0.687. The number of nitriles is 1. The Labute approximate surface area is 112 Å². The van der Waals surface area contributed by atoms with Gasteiger partial charge in [0.15, 0.2) is 0 Å². The lowest BCUT2D eigenvalue weighted by atomic mass is 10.1. The number of thiophene rings is 1. The van der Waals surface area contributed by atoms with Crippen molar-refractivity contribution >= 4 is 17.0 Å². The maximum absolute atomic E-state index is 8.91. The van der Waals surface area contributed by atoms with E-state index in [4.69, 9.17) is 5.26 Å². The van der Waals surface area contributed by atoms with Crippen LogP contribution in [0.2, 0.25) is 0 Å². The van der Waals surface area contributed by atoms with Crippen molar-refractivity contribution in [2.24, 2.45) is 0 Å². The summed E-state index contributed by atoms with van der Waals surface area (Å²) < 4.78 is 0. The Kier molecular flexibility index (Phi) is 4.38. The van der Waals surface area contributed by atoms with Gasteiger partial charge in [-0.05, 0) is 36.1 Å². The van der Waals surface area contributed by atoms with Crippen LogP contribution in [0.4, 0.5) is 5.69 Å². The molecule has 0 aliphatic rings. The molecule has 1 atom stereocenters. The summed E-state index contributed by atoms with van der Waals surface area (Å²) in [5.74, 6) is 0. The molecule has 0 bridgehead atoms. The molecule has 1 aromatic carbocycles. The maximum atomic E-state index is 8.91. The van der Waals surface area contributed by atoms with Crippen LogP contribution in [0.5, 0.6) is 0 Å². The van der Waals surface area contributed by atoms with Crippen LogP contribution in [0.3, 0.4) is 0 Å². The van der Waals surface area contributed by atoms with E-state index in [1.807, 2.05) is 24.3 Å². The SMILES string of the molecule is CCCC(Nc1cccc(C#N)c1)c1cccs1. The second-order valence-electron chi connectivity index (χ2n) is 4.19. The monoisotopic (exact) mass is 256 g/mol. The van der Waals surface area contributed by atoms with Crippen molar-refractivity contribution in [3.8, 4) is 6.07 Å². The highest BCUT2D eigenvalue weighted by Gasteiger charge is 2.11. The Morgan fingerprint density at radius 1 is 1.33 bits per heavy atom.